The first-order chi connectivity index (χ1) is 14.3. The zero-order valence-corrected chi connectivity index (χ0v) is 16.8. The molecule has 1 unspecified atom stereocenters. The third kappa shape index (κ3) is 4.97. The van der Waals surface area contributed by atoms with Crippen LogP contribution >= 0.6 is 0 Å². The van der Waals surface area contributed by atoms with Gasteiger partial charge in [0.1, 0.15) is 24.2 Å². The van der Waals surface area contributed by atoms with Crippen molar-refractivity contribution < 1.29 is 27.4 Å². The molecule has 30 heavy (non-hydrogen) atoms. The van der Waals surface area contributed by atoms with Crippen molar-refractivity contribution in [1.82, 2.24) is 9.71 Å². The summed E-state index contributed by atoms with van der Waals surface area (Å²) >= 11 is 0. The highest BCUT2D eigenvalue weighted by molar-refractivity contribution is 7.89. The van der Waals surface area contributed by atoms with Crippen molar-refractivity contribution in [3.8, 4) is 17.6 Å². The minimum absolute atomic E-state index is 0.104. The van der Waals surface area contributed by atoms with Crippen LogP contribution in [-0.4, -0.2) is 37.1 Å². The summed E-state index contributed by atoms with van der Waals surface area (Å²) in [7, 11) is -4.11. The van der Waals surface area contributed by atoms with Crippen molar-refractivity contribution in [2.45, 2.75) is 24.3 Å². The summed E-state index contributed by atoms with van der Waals surface area (Å²) in [5.41, 5.74) is 1.11. The lowest BCUT2D eigenvalue weighted by Crippen LogP contribution is -2.42. The van der Waals surface area contributed by atoms with Crippen molar-refractivity contribution in [3.63, 3.8) is 0 Å². The smallest absolute Gasteiger partial charge is 0.322 e. The normalized spacial score (nSPS) is 12.2. The number of benzene rings is 2. The number of fused-ring (bicyclic) bond motifs is 1. The Labute approximate surface area is 172 Å². The molecule has 156 valence electrons. The molecule has 9 heteroatoms. The molecule has 0 fully saturated rings. The number of hydrogen-bond acceptors (Lipinski definition) is 4. The molecule has 0 bridgehead atoms. The molecule has 0 radical (unpaired) electrons. The van der Waals surface area contributed by atoms with E-state index in [-0.39, 0.29) is 17.9 Å². The Hall–Kier alpha value is -3.35. The van der Waals surface area contributed by atoms with Crippen LogP contribution in [0.1, 0.15) is 12.5 Å². The monoisotopic (exact) mass is 430 g/mol. The first-order valence-corrected chi connectivity index (χ1v) is 10.4. The largest absolute Gasteiger partial charge is 0.481 e. The van der Waals surface area contributed by atoms with Gasteiger partial charge in [0.2, 0.25) is 10.0 Å². The number of hydrogen-bond donors (Lipinski definition) is 3. The third-order valence-corrected chi connectivity index (χ3v) is 5.86. The average molecular weight is 430 g/mol. The molecule has 3 rings (SSSR count). The van der Waals surface area contributed by atoms with Crippen LogP contribution in [0.25, 0.3) is 10.9 Å². The van der Waals surface area contributed by atoms with Gasteiger partial charge in [-0.3, -0.25) is 4.79 Å². The second-order valence-electron chi connectivity index (χ2n) is 6.41. The fourth-order valence-electron chi connectivity index (χ4n) is 2.88. The number of aromatic nitrogens is 1. The van der Waals surface area contributed by atoms with Gasteiger partial charge in [0.05, 0.1) is 4.90 Å². The Morgan fingerprint density at radius 2 is 2.00 bits per heavy atom. The third-order valence-electron chi connectivity index (χ3n) is 4.37. The molecule has 3 aromatic rings. The predicted octanol–water partition coefficient (Wildman–Crippen LogP) is 2.68. The zero-order chi connectivity index (χ0) is 21.7. The summed E-state index contributed by atoms with van der Waals surface area (Å²) in [6.45, 7) is 1.85. The van der Waals surface area contributed by atoms with Crippen molar-refractivity contribution >= 4 is 26.9 Å². The number of ether oxygens (including phenoxy) is 1. The van der Waals surface area contributed by atoms with Gasteiger partial charge in [0, 0.05) is 23.5 Å². The number of halogens is 1. The van der Waals surface area contributed by atoms with E-state index in [0.717, 1.165) is 0 Å². The fraction of sp³-hybridized carbons (Fsp3) is 0.190. The number of carboxylic acids is 1. The Morgan fingerprint density at radius 3 is 2.67 bits per heavy atom. The van der Waals surface area contributed by atoms with Crippen molar-refractivity contribution in [2.24, 2.45) is 0 Å². The lowest BCUT2D eigenvalue weighted by Gasteiger charge is -2.15. The SMILES string of the molecule is CC#CCOc1ccc(S(=O)(=O)NC(Cc2c[nH]c3ccc(F)cc23)C(=O)O)cc1. The number of aromatic amines is 1. The van der Waals surface area contributed by atoms with Crippen LogP contribution in [0.3, 0.4) is 0 Å². The van der Waals surface area contributed by atoms with Crippen molar-refractivity contribution in [1.29, 1.82) is 0 Å². The standard InChI is InChI=1S/C21H19FN2O5S/c1-2-3-10-29-16-5-7-17(8-6-16)30(27,28)24-20(21(25)26)11-14-13-23-19-9-4-15(22)12-18(14)19/h4-9,12-13,20,23-24H,10-11H2,1H3,(H,25,26). The van der Waals surface area contributed by atoms with Gasteiger partial charge in [-0.15, -0.1) is 5.92 Å². The van der Waals surface area contributed by atoms with E-state index in [0.29, 0.717) is 22.2 Å². The Kier molecular flexibility index (Phi) is 6.40. The summed E-state index contributed by atoms with van der Waals surface area (Å²) < 4.78 is 46.4. The molecule has 0 amide bonds. The van der Waals surface area contributed by atoms with Crippen LogP contribution in [-0.2, 0) is 21.2 Å². The number of H-pyrrole nitrogens is 1. The molecule has 2 aromatic carbocycles. The predicted molar refractivity (Wildman–Crippen MR) is 109 cm³/mol. The van der Waals surface area contributed by atoms with Crippen LogP contribution in [0.15, 0.2) is 53.6 Å². The van der Waals surface area contributed by atoms with Crippen molar-refractivity contribution in [2.75, 3.05) is 6.61 Å². The highest BCUT2D eigenvalue weighted by atomic mass is 32.2. The van der Waals surface area contributed by atoms with Crippen LogP contribution in [0.5, 0.6) is 5.75 Å². The van der Waals surface area contributed by atoms with E-state index in [1.54, 1.807) is 13.1 Å². The number of carboxylic acid groups (broad SMARTS) is 1. The molecular weight excluding hydrogens is 411 g/mol. The lowest BCUT2D eigenvalue weighted by atomic mass is 10.1. The van der Waals surface area contributed by atoms with E-state index < -0.39 is 27.9 Å². The van der Waals surface area contributed by atoms with Crippen LogP contribution in [0.4, 0.5) is 4.39 Å². The second-order valence-corrected chi connectivity index (χ2v) is 8.12. The minimum Gasteiger partial charge on any atom is -0.481 e. The summed E-state index contributed by atoms with van der Waals surface area (Å²) in [4.78, 5) is 14.5. The maximum atomic E-state index is 13.6. The maximum absolute atomic E-state index is 13.6. The van der Waals surface area contributed by atoms with E-state index >= 15 is 0 Å². The number of carbonyl (C=O) groups is 1. The molecule has 7 nitrogen and oxygen atoms in total. The molecule has 0 saturated heterocycles. The molecule has 0 saturated carbocycles. The summed E-state index contributed by atoms with van der Waals surface area (Å²) in [5, 5.41) is 10.0. The molecule has 0 spiro atoms. The first-order valence-electron chi connectivity index (χ1n) is 8.93. The summed E-state index contributed by atoms with van der Waals surface area (Å²) in [5.74, 6) is 4.02. The average Bonchev–Trinajstić information content (AvgIpc) is 3.10. The number of rotatable bonds is 8. The first kappa shape index (κ1) is 21.4. The molecule has 3 N–H and O–H groups in total. The van der Waals surface area contributed by atoms with E-state index in [9.17, 15) is 22.7 Å². The van der Waals surface area contributed by atoms with Gasteiger partial charge >= 0.3 is 5.97 Å². The molecule has 0 aliphatic carbocycles. The van der Waals surface area contributed by atoms with Gasteiger partial charge in [-0.05, 0) is 55.0 Å². The van der Waals surface area contributed by atoms with Crippen LogP contribution < -0.4 is 9.46 Å². The zero-order valence-electron chi connectivity index (χ0n) is 16.0. The summed E-state index contributed by atoms with van der Waals surface area (Å²) in [6, 6.07) is 8.21. The van der Waals surface area contributed by atoms with Gasteiger partial charge in [0.15, 0.2) is 0 Å². The quantitative estimate of drug-likeness (QED) is 0.476. The summed E-state index contributed by atoms with van der Waals surface area (Å²) in [6.07, 6.45) is 1.38. The van der Waals surface area contributed by atoms with Crippen molar-refractivity contribution in [3.05, 3.63) is 60.0 Å². The fourth-order valence-corrected chi connectivity index (χ4v) is 4.07. The molecular formula is C21H19FN2O5S. The Bertz CT molecular complexity index is 1220. The van der Waals surface area contributed by atoms with Gasteiger partial charge in [-0.25, -0.2) is 12.8 Å². The number of nitrogens with one attached hydrogen (secondary N) is 2. The number of sulfonamides is 1. The Balaban J connectivity index is 1.78. The van der Waals surface area contributed by atoms with Gasteiger partial charge < -0.3 is 14.8 Å². The topological polar surface area (TPSA) is 108 Å². The lowest BCUT2D eigenvalue weighted by molar-refractivity contribution is -0.138. The van der Waals surface area contributed by atoms with E-state index in [2.05, 4.69) is 21.5 Å². The Morgan fingerprint density at radius 1 is 1.27 bits per heavy atom. The van der Waals surface area contributed by atoms with Gasteiger partial charge in [-0.1, -0.05) is 5.92 Å². The van der Waals surface area contributed by atoms with E-state index in [1.807, 2.05) is 0 Å². The van der Waals surface area contributed by atoms with Crippen LogP contribution in [0, 0.1) is 17.7 Å². The molecule has 1 atom stereocenters. The van der Waals surface area contributed by atoms with E-state index in [4.69, 9.17) is 4.74 Å². The highest BCUT2D eigenvalue weighted by Crippen LogP contribution is 2.22. The second kappa shape index (κ2) is 8.98. The van der Waals surface area contributed by atoms with Crippen LogP contribution in [0.2, 0.25) is 0 Å². The van der Waals surface area contributed by atoms with Gasteiger partial charge in [0.25, 0.3) is 0 Å². The van der Waals surface area contributed by atoms with E-state index in [1.165, 1.54) is 42.5 Å². The van der Waals surface area contributed by atoms with Gasteiger partial charge in [-0.2, -0.15) is 4.72 Å². The molecule has 0 aliphatic heterocycles. The molecule has 0 aliphatic rings. The molecule has 1 heterocycles. The minimum atomic E-state index is -4.11. The highest BCUT2D eigenvalue weighted by Gasteiger charge is 2.26. The number of aliphatic carboxylic acids is 1. The molecule has 1 aromatic heterocycles. The maximum Gasteiger partial charge on any atom is 0.322 e.